The number of carbonyl (C=O) groups excluding carboxylic acids is 1. The predicted molar refractivity (Wildman–Crippen MR) is 108 cm³/mol. The Bertz CT molecular complexity index is 937. The highest BCUT2D eigenvalue weighted by Gasteiger charge is 2.20. The fraction of sp³-hybridized carbons (Fsp3) is 0.316. The van der Waals surface area contributed by atoms with Gasteiger partial charge in [0.05, 0.1) is 0 Å². The normalized spacial score (nSPS) is 14.9. The minimum atomic E-state index is -3.89. The van der Waals surface area contributed by atoms with E-state index in [9.17, 15) is 13.2 Å². The third-order valence-electron chi connectivity index (χ3n) is 4.55. The molecule has 1 amide bonds. The first kappa shape index (κ1) is 19.7. The maximum Gasteiger partial charge on any atom is 0.339 e. The van der Waals surface area contributed by atoms with E-state index in [0.717, 1.165) is 28.8 Å². The van der Waals surface area contributed by atoms with Crippen LogP contribution in [-0.2, 0) is 14.9 Å². The van der Waals surface area contributed by atoms with Crippen LogP contribution in [0.2, 0.25) is 0 Å². The number of rotatable bonds is 4. The van der Waals surface area contributed by atoms with Gasteiger partial charge in [0, 0.05) is 43.3 Å². The molecule has 0 unspecified atom stereocenters. The first-order valence-corrected chi connectivity index (χ1v) is 10.8. The van der Waals surface area contributed by atoms with Crippen molar-refractivity contribution in [3.05, 3.63) is 52.5 Å². The molecular weight excluding hydrogens is 432 g/mol. The maximum absolute atomic E-state index is 12.5. The largest absolute Gasteiger partial charge is 0.379 e. The zero-order chi connectivity index (χ0) is 19.6. The Kier molecular flexibility index (Phi) is 5.76. The summed E-state index contributed by atoms with van der Waals surface area (Å²) in [6, 6.07) is 11.7. The lowest BCUT2D eigenvalue weighted by atomic mass is 10.2. The standard InChI is InChI=1S/C19H21BrN2O4S/c1-14-13-18(7-8-19(14)20)27(24,25)26-17-5-3-16(4-6-17)22-11-9-21(10-12-22)15(2)23/h3-8,13H,9-12H2,1-2H3. The summed E-state index contributed by atoms with van der Waals surface area (Å²) >= 11 is 3.36. The lowest BCUT2D eigenvalue weighted by molar-refractivity contribution is -0.129. The Hall–Kier alpha value is -2.06. The Morgan fingerprint density at radius 2 is 1.67 bits per heavy atom. The molecule has 1 aliphatic rings. The summed E-state index contributed by atoms with van der Waals surface area (Å²) in [7, 11) is -3.89. The summed E-state index contributed by atoms with van der Waals surface area (Å²) in [4.78, 5) is 15.5. The Morgan fingerprint density at radius 3 is 2.22 bits per heavy atom. The predicted octanol–water partition coefficient (Wildman–Crippen LogP) is 3.19. The summed E-state index contributed by atoms with van der Waals surface area (Å²) in [5.74, 6) is 0.355. The van der Waals surface area contributed by atoms with E-state index in [1.807, 2.05) is 24.0 Å². The van der Waals surface area contributed by atoms with Gasteiger partial charge in [0.15, 0.2) is 0 Å². The lowest BCUT2D eigenvalue weighted by Gasteiger charge is -2.35. The average Bonchev–Trinajstić information content (AvgIpc) is 2.64. The monoisotopic (exact) mass is 452 g/mol. The van der Waals surface area contributed by atoms with Crippen LogP contribution in [0.3, 0.4) is 0 Å². The van der Waals surface area contributed by atoms with Gasteiger partial charge < -0.3 is 14.0 Å². The van der Waals surface area contributed by atoms with Crippen LogP contribution in [0.5, 0.6) is 5.75 Å². The molecule has 1 fully saturated rings. The summed E-state index contributed by atoms with van der Waals surface area (Å²) in [5, 5.41) is 0. The van der Waals surface area contributed by atoms with Crippen molar-refractivity contribution in [2.75, 3.05) is 31.1 Å². The molecule has 3 rings (SSSR count). The molecule has 144 valence electrons. The number of piperazine rings is 1. The van der Waals surface area contributed by atoms with Crippen LogP contribution in [0.25, 0.3) is 0 Å². The van der Waals surface area contributed by atoms with Gasteiger partial charge in [-0.2, -0.15) is 8.42 Å². The van der Waals surface area contributed by atoms with Gasteiger partial charge >= 0.3 is 10.1 Å². The molecule has 1 aliphatic heterocycles. The van der Waals surface area contributed by atoms with Gasteiger partial charge in [-0.05, 0) is 55.0 Å². The van der Waals surface area contributed by atoms with E-state index in [-0.39, 0.29) is 16.6 Å². The molecule has 0 bridgehead atoms. The van der Waals surface area contributed by atoms with Crippen molar-refractivity contribution < 1.29 is 17.4 Å². The van der Waals surface area contributed by atoms with Crippen molar-refractivity contribution in [3.63, 3.8) is 0 Å². The molecule has 6 nitrogen and oxygen atoms in total. The van der Waals surface area contributed by atoms with E-state index < -0.39 is 10.1 Å². The van der Waals surface area contributed by atoms with Gasteiger partial charge in [0.1, 0.15) is 10.6 Å². The van der Waals surface area contributed by atoms with E-state index in [1.165, 1.54) is 6.07 Å². The number of aryl methyl sites for hydroxylation is 1. The highest BCUT2D eigenvalue weighted by molar-refractivity contribution is 9.10. The number of halogens is 1. The quantitative estimate of drug-likeness (QED) is 0.666. The maximum atomic E-state index is 12.5. The SMILES string of the molecule is CC(=O)N1CCN(c2ccc(OS(=O)(=O)c3ccc(Br)c(C)c3)cc2)CC1. The van der Waals surface area contributed by atoms with Crippen molar-refractivity contribution in [2.45, 2.75) is 18.7 Å². The molecule has 1 heterocycles. The first-order valence-electron chi connectivity index (χ1n) is 8.57. The van der Waals surface area contributed by atoms with Gasteiger partial charge in [-0.3, -0.25) is 4.79 Å². The van der Waals surface area contributed by atoms with Crippen molar-refractivity contribution >= 4 is 37.6 Å². The van der Waals surface area contributed by atoms with Crippen LogP contribution in [-0.4, -0.2) is 45.4 Å². The minimum Gasteiger partial charge on any atom is -0.379 e. The van der Waals surface area contributed by atoms with E-state index in [2.05, 4.69) is 20.8 Å². The van der Waals surface area contributed by atoms with Gasteiger partial charge in [0.2, 0.25) is 5.91 Å². The van der Waals surface area contributed by atoms with Crippen LogP contribution in [0.1, 0.15) is 12.5 Å². The number of nitrogens with zero attached hydrogens (tertiary/aromatic N) is 2. The number of hydrogen-bond acceptors (Lipinski definition) is 5. The Balaban J connectivity index is 1.68. The molecule has 0 aliphatic carbocycles. The van der Waals surface area contributed by atoms with Gasteiger partial charge in [0.25, 0.3) is 0 Å². The highest BCUT2D eigenvalue weighted by Crippen LogP contribution is 2.25. The van der Waals surface area contributed by atoms with Gasteiger partial charge in [-0.1, -0.05) is 15.9 Å². The molecular formula is C19H21BrN2O4S. The second-order valence-electron chi connectivity index (χ2n) is 6.44. The topological polar surface area (TPSA) is 66.9 Å². The number of carbonyl (C=O) groups is 1. The summed E-state index contributed by atoms with van der Waals surface area (Å²) in [6.45, 7) is 6.27. The molecule has 1 saturated heterocycles. The molecule has 2 aromatic rings. The molecule has 27 heavy (non-hydrogen) atoms. The molecule has 0 N–H and O–H groups in total. The third-order valence-corrected chi connectivity index (χ3v) is 6.68. The number of amides is 1. The zero-order valence-electron chi connectivity index (χ0n) is 15.2. The van der Waals surface area contributed by atoms with Crippen molar-refractivity contribution in [1.29, 1.82) is 0 Å². The fourth-order valence-corrected chi connectivity index (χ4v) is 4.20. The van der Waals surface area contributed by atoms with Gasteiger partial charge in [-0.25, -0.2) is 0 Å². The van der Waals surface area contributed by atoms with Crippen LogP contribution in [0.4, 0.5) is 5.69 Å². The van der Waals surface area contributed by atoms with Gasteiger partial charge in [-0.15, -0.1) is 0 Å². The molecule has 8 heteroatoms. The second kappa shape index (κ2) is 7.90. The van der Waals surface area contributed by atoms with Crippen LogP contribution >= 0.6 is 15.9 Å². The Labute approximate surface area is 168 Å². The first-order chi connectivity index (χ1) is 12.8. The van der Waals surface area contributed by atoms with Crippen LogP contribution in [0, 0.1) is 6.92 Å². The number of benzene rings is 2. The summed E-state index contributed by atoms with van der Waals surface area (Å²) < 4.78 is 31.0. The van der Waals surface area contributed by atoms with Crippen LogP contribution < -0.4 is 9.08 Å². The number of anilines is 1. The molecule has 0 aromatic heterocycles. The van der Waals surface area contributed by atoms with E-state index in [1.54, 1.807) is 31.2 Å². The average molecular weight is 453 g/mol. The fourth-order valence-electron chi connectivity index (χ4n) is 2.94. The molecule has 0 radical (unpaired) electrons. The summed E-state index contributed by atoms with van der Waals surface area (Å²) in [5.41, 5.74) is 1.79. The van der Waals surface area contributed by atoms with Crippen molar-refractivity contribution in [1.82, 2.24) is 4.90 Å². The summed E-state index contributed by atoms with van der Waals surface area (Å²) in [6.07, 6.45) is 0. The second-order valence-corrected chi connectivity index (χ2v) is 8.84. The van der Waals surface area contributed by atoms with Crippen molar-refractivity contribution in [2.24, 2.45) is 0 Å². The molecule has 0 atom stereocenters. The van der Waals surface area contributed by atoms with E-state index in [0.29, 0.717) is 13.1 Å². The lowest BCUT2D eigenvalue weighted by Crippen LogP contribution is -2.48. The highest BCUT2D eigenvalue weighted by atomic mass is 79.9. The number of hydrogen-bond donors (Lipinski definition) is 0. The van der Waals surface area contributed by atoms with E-state index in [4.69, 9.17) is 4.18 Å². The molecule has 2 aromatic carbocycles. The molecule has 0 spiro atoms. The van der Waals surface area contributed by atoms with Crippen molar-refractivity contribution in [3.8, 4) is 5.75 Å². The smallest absolute Gasteiger partial charge is 0.339 e. The third kappa shape index (κ3) is 4.62. The zero-order valence-corrected chi connectivity index (χ0v) is 17.6. The van der Waals surface area contributed by atoms with E-state index >= 15 is 0 Å². The van der Waals surface area contributed by atoms with Crippen LogP contribution in [0.15, 0.2) is 51.8 Å². The molecule has 0 saturated carbocycles. The Morgan fingerprint density at radius 1 is 1.04 bits per heavy atom. The minimum absolute atomic E-state index is 0.0896.